The molecule has 2 heterocycles. The van der Waals surface area contributed by atoms with Crippen LogP contribution in [0.4, 0.5) is 5.69 Å². The van der Waals surface area contributed by atoms with E-state index in [1.165, 1.54) is 12.8 Å². The van der Waals surface area contributed by atoms with Gasteiger partial charge in [0, 0.05) is 24.8 Å². The molecule has 1 aromatic rings. The molecular weight excluding hydrogens is 292 g/mol. The summed E-state index contributed by atoms with van der Waals surface area (Å²) in [6.45, 7) is 1.31. The Morgan fingerprint density at radius 1 is 1.09 bits per heavy atom. The van der Waals surface area contributed by atoms with Crippen molar-refractivity contribution in [3.05, 3.63) is 30.3 Å². The van der Waals surface area contributed by atoms with E-state index in [0.29, 0.717) is 19.1 Å². The molecule has 122 valence electrons. The average Bonchev–Trinajstić information content (AvgIpc) is 3.32. The van der Waals surface area contributed by atoms with Crippen LogP contribution in [-0.4, -0.2) is 48.4 Å². The molecule has 1 aromatic carbocycles. The van der Waals surface area contributed by atoms with E-state index in [-0.39, 0.29) is 24.4 Å². The Hall–Kier alpha value is -1.92. The number of hydrazine groups is 1. The first-order chi connectivity index (χ1) is 11.2. The second-order valence-electron chi connectivity index (χ2n) is 6.66. The van der Waals surface area contributed by atoms with Crippen molar-refractivity contribution in [1.82, 2.24) is 15.8 Å². The van der Waals surface area contributed by atoms with Crippen molar-refractivity contribution < 1.29 is 9.59 Å². The van der Waals surface area contributed by atoms with Crippen molar-refractivity contribution in [2.75, 3.05) is 24.5 Å². The van der Waals surface area contributed by atoms with Crippen LogP contribution in [0, 0.1) is 5.92 Å². The minimum atomic E-state index is -0.198. The molecule has 0 bridgehead atoms. The van der Waals surface area contributed by atoms with Crippen LogP contribution in [0.2, 0.25) is 0 Å². The number of hydrogen-bond donors (Lipinski definition) is 2. The maximum Gasteiger partial charge on any atom is 0.246 e. The Balaban J connectivity index is 1.36. The molecule has 2 atom stereocenters. The normalized spacial score (nSPS) is 28.3. The summed E-state index contributed by atoms with van der Waals surface area (Å²) in [5.74, 6) is 0.749. The number of carbonyl (C=O) groups is 2. The molecule has 4 rings (SSSR count). The predicted molar refractivity (Wildman–Crippen MR) is 86.6 cm³/mol. The van der Waals surface area contributed by atoms with E-state index in [2.05, 4.69) is 10.9 Å². The van der Waals surface area contributed by atoms with E-state index in [1.807, 2.05) is 30.3 Å². The summed E-state index contributed by atoms with van der Waals surface area (Å²) >= 11 is 0. The van der Waals surface area contributed by atoms with Crippen molar-refractivity contribution in [3.8, 4) is 0 Å². The predicted octanol–water partition coefficient (Wildman–Crippen LogP) is 0.507. The van der Waals surface area contributed by atoms with Crippen LogP contribution < -0.4 is 15.8 Å². The topological polar surface area (TPSA) is 64.7 Å². The van der Waals surface area contributed by atoms with Gasteiger partial charge in [0.15, 0.2) is 0 Å². The Morgan fingerprint density at radius 2 is 1.87 bits per heavy atom. The Morgan fingerprint density at radius 3 is 2.57 bits per heavy atom. The fourth-order valence-electron chi connectivity index (χ4n) is 3.51. The quantitative estimate of drug-likeness (QED) is 0.853. The molecule has 0 spiro atoms. The Kier molecular flexibility index (Phi) is 3.79. The second-order valence-corrected chi connectivity index (χ2v) is 6.66. The largest absolute Gasteiger partial charge is 0.330 e. The lowest BCUT2D eigenvalue weighted by atomic mass is 10.1. The zero-order valence-electron chi connectivity index (χ0n) is 13.1. The monoisotopic (exact) mass is 314 g/mol. The van der Waals surface area contributed by atoms with E-state index < -0.39 is 0 Å². The van der Waals surface area contributed by atoms with Gasteiger partial charge in [0.25, 0.3) is 0 Å². The molecule has 0 radical (unpaired) electrons. The molecule has 3 fully saturated rings. The fourth-order valence-corrected chi connectivity index (χ4v) is 3.51. The number of para-hydroxylation sites is 1. The van der Waals surface area contributed by atoms with Crippen LogP contribution in [0.25, 0.3) is 0 Å². The van der Waals surface area contributed by atoms with Crippen molar-refractivity contribution in [2.24, 2.45) is 5.92 Å². The zero-order valence-corrected chi connectivity index (χ0v) is 13.1. The molecule has 2 saturated heterocycles. The highest BCUT2D eigenvalue weighted by molar-refractivity contribution is 5.98. The number of benzene rings is 1. The van der Waals surface area contributed by atoms with E-state index >= 15 is 0 Å². The van der Waals surface area contributed by atoms with Crippen molar-refractivity contribution in [1.29, 1.82) is 0 Å². The third-order valence-corrected chi connectivity index (χ3v) is 5.02. The molecule has 2 unspecified atom stereocenters. The van der Waals surface area contributed by atoms with Gasteiger partial charge in [-0.15, -0.1) is 0 Å². The first kappa shape index (κ1) is 14.7. The van der Waals surface area contributed by atoms with E-state index in [1.54, 1.807) is 9.80 Å². The number of amides is 2. The molecule has 2 amide bonds. The van der Waals surface area contributed by atoms with Gasteiger partial charge in [-0.05, 0) is 37.3 Å². The van der Waals surface area contributed by atoms with Crippen LogP contribution in [0.15, 0.2) is 30.3 Å². The van der Waals surface area contributed by atoms with Crippen molar-refractivity contribution in [2.45, 2.75) is 31.3 Å². The van der Waals surface area contributed by atoms with Gasteiger partial charge in [-0.2, -0.15) is 0 Å². The molecule has 6 heteroatoms. The summed E-state index contributed by atoms with van der Waals surface area (Å²) in [7, 11) is 0. The highest BCUT2D eigenvalue weighted by Crippen LogP contribution is 2.35. The van der Waals surface area contributed by atoms with E-state index in [4.69, 9.17) is 0 Å². The third kappa shape index (κ3) is 2.96. The Bertz CT molecular complexity index is 602. The van der Waals surface area contributed by atoms with Crippen molar-refractivity contribution in [3.63, 3.8) is 0 Å². The molecular formula is C17H22N4O2. The number of piperazine rings is 1. The lowest BCUT2D eigenvalue weighted by Gasteiger charge is -2.35. The van der Waals surface area contributed by atoms with Crippen LogP contribution in [0.5, 0.6) is 0 Å². The van der Waals surface area contributed by atoms with Crippen LogP contribution in [0.1, 0.15) is 19.3 Å². The highest BCUT2D eigenvalue weighted by Gasteiger charge is 2.41. The number of nitrogens with one attached hydrogen (secondary N) is 2. The summed E-state index contributed by atoms with van der Waals surface area (Å²) in [6, 6.07) is 9.85. The maximum atomic E-state index is 12.6. The lowest BCUT2D eigenvalue weighted by molar-refractivity contribution is -0.138. The molecule has 0 aromatic heterocycles. The van der Waals surface area contributed by atoms with Gasteiger partial charge in [-0.25, -0.2) is 5.43 Å². The molecule has 2 aliphatic heterocycles. The molecule has 6 nitrogen and oxygen atoms in total. The van der Waals surface area contributed by atoms with Crippen LogP contribution >= 0.6 is 0 Å². The molecule has 1 saturated carbocycles. The fraction of sp³-hybridized carbons (Fsp3) is 0.529. The number of anilines is 1. The number of nitrogens with zero attached hydrogens (tertiary/aromatic N) is 2. The number of hydrogen-bond acceptors (Lipinski definition) is 4. The van der Waals surface area contributed by atoms with Crippen molar-refractivity contribution >= 4 is 17.5 Å². The van der Waals surface area contributed by atoms with Gasteiger partial charge in [0.05, 0.1) is 0 Å². The van der Waals surface area contributed by atoms with Crippen LogP contribution in [-0.2, 0) is 9.59 Å². The van der Waals surface area contributed by atoms with Gasteiger partial charge < -0.3 is 9.80 Å². The van der Waals surface area contributed by atoms with Gasteiger partial charge >= 0.3 is 0 Å². The summed E-state index contributed by atoms with van der Waals surface area (Å²) in [6.07, 6.45) is 3.35. The first-order valence-corrected chi connectivity index (χ1v) is 8.37. The maximum absolute atomic E-state index is 12.6. The van der Waals surface area contributed by atoms with Gasteiger partial charge in [-0.1, -0.05) is 18.2 Å². The second kappa shape index (κ2) is 5.94. The summed E-state index contributed by atoms with van der Waals surface area (Å²) in [4.78, 5) is 28.5. The standard InChI is InChI=1S/C17H22N4O2/c22-16-11-20(8-9-21(16)13-4-2-1-3-5-13)17(23)15-10-14(18-19-15)12-6-7-12/h1-5,12,14-15,18-19H,6-11H2. The smallest absolute Gasteiger partial charge is 0.246 e. The van der Waals surface area contributed by atoms with E-state index in [9.17, 15) is 9.59 Å². The summed E-state index contributed by atoms with van der Waals surface area (Å²) in [5, 5.41) is 0. The summed E-state index contributed by atoms with van der Waals surface area (Å²) < 4.78 is 0. The van der Waals surface area contributed by atoms with Gasteiger partial charge in [-0.3, -0.25) is 15.0 Å². The molecule has 2 N–H and O–H groups in total. The SMILES string of the molecule is O=C(C1CC(C2CC2)NN1)N1CCN(c2ccccc2)C(=O)C1. The summed E-state index contributed by atoms with van der Waals surface area (Å²) in [5.41, 5.74) is 7.26. The number of rotatable bonds is 3. The third-order valence-electron chi connectivity index (χ3n) is 5.02. The minimum Gasteiger partial charge on any atom is -0.330 e. The zero-order chi connectivity index (χ0) is 15.8. The van der Waals surface area contributed by atoms with E-state index in [0.717, 1.165) is 18.0 Å². The van der Waals surface area contributed by atoms with Gasteiger partial charge in [0.2, 0.25) is 11.8 Å². The molecule has 3 aliphatic rings. The molecule has 1 aliphatic carbocycles. The molecule has 23 heavy (non-hydrogen) atoms. The van der Waals surface area contributed by atoms with Crippen LogP contribution in [0.3, 0.4) is 0 Å². The lowest BCUT2D eigenvalue weighted by Crippen LogP contribution is -2.56. The minimum absolute atomic E-state index is 0.0134. The Labute approximate surface area is 135 Å². The van der Waals surface area contributed by atoms with Gasteiger partial charge in [0.1, 0.15) is 12.6 Å². The highest BCUT2D eigenvalue weighted by atomic mass is 16.2. The first-order valence-electron chi connectivity index (χ1n) is 8.37. The number of carbonyl (C=O) groups excluding carboxylic acids is 2. The average molecular weight is 314 g/mol.